The van der Waals surface area contributed by atoms with Crippen LogP contribution in [0.4, 0.5) is 5.69 Å². The van der Waals surface area contributed by atoms with Crippen molar-refractivity contribution in [2.75, 3.05) is 11.9 Å². The number of hydrogen-bond donors (Lipinski definition) is 1. The van der Waals surface area contributed by atoms with Gasteiger partial charge < -0.3 is 10.1 Å². The maximum Gasteiger partial charge on any atom is 0.119 e. The number of benzene rings is 2. The standard InChI is InChI=1S/C16H17ClINO/c1-2-9-20-14-6-3-12(4-7-14)11-19-16-8-5-13(18)10-15(16)17/h3-8,10,19H,2,9,11H2,1H3. The minimum atomic E-state index is 0.744. The molecule has 20 heavy (non-hydrogen) atoms. The first-order valence-corrected chi connectivity index (χ1v) is 8.05. The van der Waals surface area contributed by atoms with Gasteiger partial charge in [0.1, 0.15) is 5.75 Å². The van der Waals surface area contributed by atoms with Gasteiger partial charge in [0, 0.05) is 10.1 Å². The van der Waals surface area contributed by atoms with E-state index in [1.165, 1.54) is 5.56 Å². The molecule has 0 aliphatic rings. The van der Waals surface area contributed by atoms with E-state index in [0.717, 1.165) is 39.6 Å². The molecule has 1 N–H and O–H groups in total. The van der Waals surface area contributed by atoms with Crippen LogP contribution in [0.5, 0.6) is 5.75 Å². The normalized spacial score (nSPS) is 10.3. The predicted octanol–water partition coefficient (Wildman–Crippen LogP) is 5.35. The molecule has 0 aliphatic carbocycles. The van der Waals surface area contributed by atoms with Gasteiger partial charge in [0.25, 0.3) is 0 Å². The van der Waals surface area contributed by atoms with E-state index in [2.05, 4.69) is 47.0 Å². The molecule has 106 valence electrons. The molecule has 0 fully saturated rings. The molecule has 0 aliphatic heterocycles. The molecule has 0 radical (unpaired) electrons. The number of hydrogen-bond acceptors (Lipinski definition) is 2. The lowest BCUT2D eigenvalue weighted by Gasteiger charge is -2.10. The van der Waals surface area contributed by atoms with Gasteiger partial charge in [-0.2, -0.15) is 0 Å². The van der Waals surface area contributed by atoms with Gasteiger partial charge in [-0.15, -0.1) is 0 Å². The summed E-state index contributed by atoms with van der Waals surface area (Å²) in [5, 5.41) is 4.09. The van der Waals surface area contributed by atoms with Gasteiger partial charge in [0.2, 0.25) is 0 Å². The average molecular weight is 402 g/mol. The summed E-state index contributed by atoms with van der Waals surface area (Å²) < 4.78 is 6.70. The fourth-order valence-electron chi connectivity index (χ4n) is 1.75. The van der Waals surface area contributed by atoms with Crippen molar-refractivity contribution in [2.24, 2.45) is 0 Å². The molecular formula is C16H17ClINO. The second kappa shape index (κ2) is 7.74. The van der Waals surface area contributed by atoms with Crippen molar-refractivity contribution in [1.29, 1.82) is 0 Å². The van der Waals surface area contributed by atoms with Crippen molar-refractivity contribution >= 4 is 39.9 Å². The van der Waals surface area contributed by atoms with E-state index in [1.807, 2.05) is 30.3 Å². The highest BCUT2D eigenvalue weighted by molar-refractivity contribution is 14.1. The average Bonchev–Trinajstić information content (AvgIpc) is 2.45. The highest BCUT2D eigenvalue weighted by Crippen LogP contribution is 2.24. The first kappa shape index (κ1) is 15.4. The highest BCUT2D eigenvalue weighted by atomic mass is 127. The van der Waals surface area contributed by atoms with Crippen LogP contribution in [0.3, 0.4) is 0 Å². The molecule has 4 heteroatoms. The van der Waals surface area contributed by atoms with Crippen LogP contribution < -0.4 is 10.1 Å². The third-order valence-corrected chi connectivity index (χ3v) is 3.79. The number of nitrogens with one attached hydrogen (secondary N) is 1. The number of rotatable bonds is 6. The molecule has 2 nitrogen and oxygen atoms in total. The largest absolute Gasteiger partial charge is 0.494 e. The van der Waals surface area contributed by atoms with Crippen LogP contribution >= 0.6 is 34.2 Å². The predicted molar refractivity (Wildman–Crippen MR) is 93.7 cm³/mol. The maximum atomic E-state index is 6.19. The molecule has 2 aromatic rings. The zero-order valence-corrected chi connectivity index (χ0v) is 14.2. The Morgan fingerprint density at radius 3 is 2.55 bits per heavy atom. The summed E-state index contributed by atoms with van der Waals surface area (Å²) in [5.74, 6) is 0.919. The summed E-state index contributed by atoms with van der Waals surface area (Å²) in [5.41, 5.74) is 2.15. The van der Waals surface area contributed by atoms with Crippen LogP contribution in [-0.4, -0.2) is 6.61 Å². The summed E-state index contributed by atoms with van der Waals surface area (Å²) in [4.78, 5) is 0. The summed E-state index contributed by atoms with van der Waals surface area (Å²) in [6.07, 6.45) is 1.02. The van der Waals surface area contributed by atoms with Crippen molar-refractivity contribution < 1.29 is 4.74 Å². The highest BCUT2D eigenvalue weighted by Gasteiger charge is 2.01. The van der Waals surface area contributed by atoms with Gasteiger partial charge in [0.05, 0.1) is 17.3 Å². The second-order valence-electron chi connectivity index (χ2n) is 4.47. The Balaban J connectivity index is 1.93. The zero-order chi connectivity index (χ0) is 14.4. The van der Waals surface area contributed by atoms with Gasteiger partial charge >= 0.3 is 0 Å². The van der Waals surface area contributed by atoms with Crippen molar-refractivity contribution in [3.8, 4) is 5.75 Å². The topological polar surface area (TPSA) is 21.3 Å². The van der Waals surface area contributed by atoms with E-state index >= 15 is 0 Å². The van der Waals surface area contributed by atoms with Gasteiger partial charge in [-0.3, -0.25) is 0 Å². The minimum Gasteiger partial charge on any atom is -0.494 e. The molecule has 0 unspecified atom stereocenters. The van der Waals surface area contributed by atoms with Crippen LogP contribution in [-0.2, 0) is 6.54 Å². The molecule has 0 heterocycles. The van der Waals surface area contributed by atoms with E-state index in [1.54, 1.807) is 0 Å². The lowest BCUT2D eigenvalue weighted by Crippen LogP contribution is -2.00. The number of anilines is 1. The minimum absolute atomic E-state index is 0.744. The van der Waals surface area contributed by atoms with Crippen LogP contribution in [0.15, 0.2) is 42.5 Å². The molecule has 0 saturated carbocycles. The molecule has 0 atom stereocenters. The van der Waals surface area contributed by atoms with E-state index in [-0.39, 0.29) is 0 Å². The Labute approximate surface area is 138 Å². The molecule has 0 spiro atoms. The van der Waals surface area contributed by atoms with E-state index in [0.29, 0.717) is 0 Å². The summed E-state index contributed by atoms with van der Waals surface area (Å²) >= 11 is 8.44. The van der Waals surface area contributed by atoms with E-state index in [9.17, 15) is 0 Å². The van der Waals surface area contributed by atoms with Crippen LogP contribution in [0.2, 0.25) is 5.02 Å². The van der Waals surface area contributed by atoms with Crippen molar-refractivity contribution in [1.82, 2.24) is 0 Å². The Bertz CT molecular complexity index is 557. The number of ether oxygens (including phenoxy) is 1. The van der Waals surface area contributed by atoms with Gasteiger partial charge in [-0.1, -0.05) is 30.7 Å². The lowest BCUT2D eigenvalue weighted by atomic mass is 10.2. The van der Waals surface area contributed by atoms with Crippen LogP contribution in [0.25, 0.3) is 0 Å². The lowest BCUT2D eigenvalue weighted by molar-refractivity contribution is 0.317. The fraction of sp³-hybridized carbons (Fsp3) is 0.250. The van der Waals surface area contributed by atoms with Crippen molar-refractivity contribution in [3.63, 3.8) is 0 Å². The third-order valence-electron chi connectivity index (χ3n) is 2.81. The monoisotopic (exact) mass is 401 g/mol. The Kier molecular flexibility index (Phi) is 5.98. The van der Waals surface area contributed by atoms with Crippen molar-refractivity contribution in [2.45, 2.75) is 19.9 Å². The fourth-order valence-corrected chi connectivity index (χ4v) is 2.68. The van der Waals surface area contributed by atoms with E-state index < -0.39 is 0 Å². The first-order valence-electron chi connectivity index (χ1n) is 6.59. The Morgan fingerprint density at radius 1 is 1.15 bits per heavy atom. The molecule has 0 bridgehead atoms. The quantitative estimate of drug-likeness (QED) is 0.659. The zero-order valence-electron chi connectivity index (χ0n) is 11.3. The molecular weight excluding hydrogens is 385 g/mol. The van der Waals surface area contributed by atoms with Gasteiger partial charge in [0.15, 0.2) is 0 Å². The third kappa shape index (κ3) is 4.56. The molecule has 2 rings (SSSR count). The maximum absolute atomic E-state index is 6.19. The molecule has 0 saturated heterocycles. The molecule has 2 aromatic carbocycles. The number of halogens is 2. The van der Waals surface area contributed by atoms with E-state index in [4.69, 9.17) is 16.3 Å². The van der Waals surface area contributed by atoms with Crippen LogP contribution in [0, 0.1) is 3.57 Å². The second-order valence-corrected chi connectivity index (χ2v) is 6.12. The SMILES string of the molecule is CCCOc1ccc(CNc2ccc(I)cc2Cl)cc1. The summed E-state index contributed by atoms with van der Waals surface area (Å²) in [6.45, 7) is 3.60. The van der Waals surface area contributed by atoms with Crippen molar-refractivity contribution in [3.05, 3.63) is 56.6 Å². The molecule has 0 amide bonds. The van der Waals surface area contributed by atoms with Crippen LogP contribution in [0.1, 0.15) is 18.9 Å². The van der Waals surface area contributed by atoms with Gasteiger partial charge in [-0.25, -0.2) is 0 Å². The van der Waals surface area contributed by atoms with Gasteiger partial charge in [-0.05, 0) is 64.9 Å². The smallest absolute Gasteiger partial charge is 0.119 e. The Morgan fingerprint density at radius 2 is 1.90 bits per heavy atom. The Hall–Kier alpha value is -0.940. The first-order chi connectivity index (χ1) is 9.69. The summed E-state index contributed by atoms with van der Waals surface area (Å²) in [6, 6.07) is 14.1. The summed E-state index contributed by atoms with van der Waals surface area (Å²) in [7, 11) is 0. The molecule has 0 aromatic heterocycles.